The quantitative estimate of drug-likeness (QED) is 0.640. The number of rotatable bonds is 5. The van der Waals surface area contributed by atoms with Crippen LogP contribution in [0.4, 0.5) is 0 Å². The lowest BCUT2D eigenvalue weighted by atomic mass is 10.1. The number of carbonyl (C=O) groups is 1. The second-order valence-corrected chi connectivity index (χ2v) is 6.74. The number of nitrogens with one attached hydrogen (secondary N) is 1. The molecule has 0 saturated carbocycles. The number of benzene rings is 2. The number of halogens is 1. The highest BCUT2D eigenvalue weighted by molar-refractivity contribution is 6.31. The first kappa shape index (κ1) is 18.1. The van der Waals surface area contributed by atoms with E-state index in [0.717, 1.165) is 11.1 Å². The van der Waals surface area contributed by atoms with Crippen LogP contribution in [0.2, 0.25) is 5.02 Å². The minimum Gasteiger partial charge on any atom is -0.478 e. The number of hydrogen-bond donors (Lipinski definition) is 1. The Morgan fingerprint density at radius 3 is 2.77 bits per heavy atom. The Morgan fingerprint density at radius 1 is 1.23 bits per heavy atom. The zero-order valence-electron chi connectivity index (χ0n) is 14.7. The van der Waals surface area contributed by atoms with Crippen molar-refractivity contribution in [3.63, 3.8) is 0 Å². The molecule has 2 aromatic carbocycles. The third-order valence-corrected chi connectivity index (χ3v) is 4.25. The highest BCUT2D eigenvalue weighted by Crippen LogP contribution is 2.32. The predicted molar refractivity (Wildman–Crippen MR) is 99.2 cm³/mol. The molecule has 0 fully saturated rings. The first-order valence-electron chi connectivity index (χ1n) is 8.03. The van der Waals surface area contributed by atoms with Crippen LogP contribution in [0, 0.1) is 6.92 Å². The number of nitrogens with zero attached hydrogens (tertiary/aromatic N) is 1. The van der Waals surface area contributed by atoms with E-state index in [1.54, 1.807) is 44.2 Å². The third kappa shape index (κ3) is 4.08. The van der Waals surface area contributed by atoms with Gasteiger partial charge in [0.15, 0.2) is 17.1 Å². The van der Waals surface area contributed by atoms with Gasteiger partial charge in [0.05, 0.1) is 6.21 Å². The lowest BCUT2D eigenvalue weighted by Crippen LogP contribution is -2.44. The first-order chi connectivity index (χ1) is 12.3. The van der Waals surface area contributed by atoms with E-state index in [2.05, 4.69) is 10.5 Å². The van der Waals surface area contributed by atoms with Crippen LogP contribution in [0.25, 0.3) is 0 Å². The summed E-state index contributed by atoms with van der Waals surface area (Å²) in [6, 6.07) is 10.6. The van der Waals surface area contributed by atoms with Crippen LogP contribution < -0.4 is 19.6 Å². The van der Waals surface area contributed by atoms with Crippen LogP contribution in [0.15, 0.2) is 41.5 Å². The van der Waals surface area contributed by atoms with Crippen molar-refractivity contribution in [3.05, 3.63) is 52.5 Å². The fraction of sp³-hybridized carbons (Fsp3) is 0.263. The first-order valence-corrected chi connectivity index (χ1v) is 8.41. The number of hydrazone groups is 1. The summed E-state index contributed by atoms with van der Waals surface area (Å²) < 4.78 is 16.3. The minimum absolute atomic E-state index is 0.211. The van der Waals surface area contributed by atoms with Crippen LogP contribution >= 0.6 is 11.6 Å². The fourth-order valence-corrected chi connectivity index (χ4v) is 2.43. The second-order valence-electron chi connectivity index (χ2n) is 6.34. The molecular formula is C19H19ClN2O4. The number of amides is 1. The molecule has 0 unspecified atom stereocenters. The van der Waals surface area contributed by atoms with Gasteiger partial charge in [0.2, 0.25) is 6.79 Å². The topological polar surface area (TPSA) is 69.2 Å². The van der Waals surface area contributed by atoms with E-state index in [4.69, 9.17) is 25.8 Å². The molecule has 1 aliphatic rings. The molecule has 0 radical (unpaired) electrons. The molecule has 7 heteroatoms. The summed E-state index contributed by atoms with van der Waals surface area (Å²) in [5, 5.41) is 4.63. The Hall–Kier alpha value is -2.73. The summed E-state index contributed by atoms with van der Waals surface area (Å²) in [7, 11) is 0. The van der Waals surface area contributed by atoms with E-state index in [1.807, 2.05) is 13.0 Å². The maximum absolute atomic E-state index is 12.4. The van der Waals surface area contributed by atoms with E-state index in [1.165, 1.54) is 6.21 Å². The highest BCUT2D eigenvalue weighted by atomic mass is 35.5. The molecule has 0 bridgehead atoms. The number of hydrogen-bond acceptors (Lipinski definition) is 5. The zero-order chi connectivity index (χ0) is 18.7. The third-order valence-electron chi connectivity index (χ3n) is 3.83. The Labute approximate surface area is 156 Å². The Balaban J connectivity index is 1.61. The number of carbonyl (C=O) groups excluding carboxylic acids is 1. The lowest BCUT2D eigenvalue weighted by Gasteiger charge is -2.24. The molecule has 1 aliphatic heterocycles. The maximum Gasteiger partial charge on any atom is 0.283 e. The van der Waals surface area contributed by atoms with Crippen LogP contribution in [0.3, 0.4) is 0 Å². The van der Waals surface area contributed by atoms with E-state index in [-0.39, 0.29) is 12.7 Å². The highest BCUT2D eigenvalue weighted by Gasteiger charge is 2.30. The van der Waals surface area contributed by atoms with Gasteiger partial charge in [-0.05, 0) is 68.3 Å². The van der Waals surface area contributed by atoms with Gasteiger partial charge in [-0.15, -0.1) is 0 Å². The molecule has 136 valence electrons. The van der Waals surface area contributed by atoms with E-state index in [0.29, 0.717) is 22.3 Å². The average molecular weight is 375 g/mol. The van der Waals surface area contributed by atoms with E-state index in [9.17, 15) is 4.79 Å². The van der Waals surface area contributed by atoms with Crippen molar-refractivity contribution in [2.45, 2.75) is 26.4 Å². The predicted octanol–water partition coefficient (Wildman–Crippen LogP) is 3.68. The SMILES string of the molecule is Cc1cc(OC(C)(C)C(=O)N/N=C\c2ccc3c(c2)OCO3)ccc1Cl. The zero-order valence-corrected chi connectivity index (χ0v) is 15.5. The normalized spacial score (nSPS) is 13.1. The Morgan fingerprint density at radius 2 is 2.00 bits per heavy atom. The Kier molecular flexibility index (Phi) is 5.04. The van der Waals surface area contributed by atoms with Crippen LogP contribution in [0.5, 0.6) is 17.2 Å². The molecule has 1 amide bonds. The van der Waals surface area contributed by atoms with Crippen molar-refractivity contribution in [2.24, 2.45) is 5.10 Å². The van der Waals surface area contributed by atoms with Crippen molar-refractivity contribution in [1.82, 2.24) is 5.43 Å². The van der Waals surface area contributed by atoms with E-state index < -0.39 is 5.60 Å². The molecule has 0 aromatic heterocycles. The number of aryl methyl sites for hydroxylation is 1. The number of fused-ring (bicyclic) bond motifs is 1. The molecule has 26 heavy (non-hydrogen) atoms. The molecule has 0 saturated heterocycles. The molecule has 1 heterocycles. The molecule has 1 N–H and O–H groups in total. The molecule has 0 aliphatic carbocycles. The van der Waals surface area contributed by atoms with Gasteiger partial charge >= 0.3 is 0 Å². The smallest absolute Gasteiger partial charge is 0.283 e. The van der Waals surface area contributed by atoms with Crippen molar-refractivity contribution in [1.29, 1.82) is 0 Å². The summed E-state index contributed by atoms with van der Waals surface area (Å²) >= 11 is 6.01. The summed E-state index contributed by atoms with van der Waals surface area (Å²) in [5.41, 5.74) is 3.04. The van der Waals surface area contributed by atoms with Gasteiger partial charge in [-0.3, -0.25) is 4.79 Å². The van der Waals surface area contributed by atoms with Gasteiger partial charge in [-0.25, -0.2) is 5.43 Å². The minimum atomic E-state index is -1.10. The number of ether oxygens (including phenoxy) is 3. The van der Waals surface area contributed by atoms with E-state index >= 15 is 0 Å². The standard InChI is InChI=1S/C19H19ClN2O4/c1-12-8-14(5-6-15(12)20)26-19(2,3)18(23)22-21-10-13-4-7-16-17(9-13)25-11-24-16/h4-10H,11H2,1-3H3,(H,22,23)/b21-10-. The molecule has 2 aromatic rings. The van der Waals surface area contributed by atoms with Gasteiger partial charge in [0, 0.05) is 5.02 Å². The fourth-order valence-electron chi connectivity index (χ4n) is 2.32. The summed E-state index contributed by atoms with van der Waals surface area (Å²) in [4.78, 5) is 12.4. The van der Waals surface area contributed by atoms with Crippen molar-refractivity contribution in [3.8, 4) is 17.2 Å². The maximum atomic E-state index is 12.4. The van der Waals surface area contributed by atoms with Gasteiger partial charge in [0.25, 0.3) is 5.91 Å². The van der Waals surface area contributed by atoms with Gasteiger partial charge in [0.1, 0.15) is 5.75 Å². The summed E-state index contributed by atoms with van der Waals surface area (Å²) in [5.74, 6) is 1.54. The molecule has 6 nitrogen and oxygen atoms in total. The van der Waals surface area contributed by atoms with Crippen LogP contribution in [-0.2, 0) is 4.79 Å². The molecular weight excluding hydrogens is 356 g/mol. The average Bonchev–Trinajstić information content (AvgIpc) is 3.05. The van der Waals surface area contributed by atoms with Gasteiger partial charge in [-0.2, -0.15) is 5.10 Å². The van der Waals surface area contributed by atoms with Gasteiger partial charge < -0.3 is 14.2 Å². The largest absolute Gasteiger partial charge is 0.478 e. The molecule has 3 rings (SSSR count). The summed E-state index contributed by atoms with van der Waals surface area (Å²) in [6.45, 7) is 5.42. The molecule has 0 atom stereocenters. The second kappa shape index (κ2) is 7.25. The van der Waals surface area contributed by atoms with Crippen LogP contribution in [-0.4, -0.2) is 24.5 Å². The van der Waals surface area contributed by atoms with Crippen molar-refractivity contribution >= 4 is 23.7 Å². The van der Waals surface area contributed by atoms with Crippen LogP contribution in [0.1, 0.15) is 25.0 Å². The van der Waals surface area contributed by atoms with Crippen molar-refractivity contribution in [2.75, 3.05) is 6.79 Å². The molecule has 0 spiro atoms. The van der Waals surface area contributed by atoms with Crippen molar-refractivity contribution < 1.29 is 19.0 Å². The Bertz CT molecular complexity index is 865. The van der Waals surface area contributed by atoms with Gasteiger partial charge in [-0.1, -0.05) is 11.6 Å². The summed E-state index contributed by atoms with van der Waals surface area (Å²) in [6.07, 6.45) is 1.53. The lowest BCUT2D eigenvalue weighted by molar-refractivity contribution is -0.134. The monoisotopic (exact) mass is 374 g/mol.